The lowest BCUT2D eigenvalue weighted by molar-refractivity contribution is 0.104. The molecule has 0 atom stereocenters. The van der Waals surface area contributed by atoms with Gasteiger partial charge >= 0.3 is 0 Å². The van der Waals surface area contributed by atoms with Gasteiger partial charge in [-0.05, 0) is 35.7 Å². The topological polar surface area (TPSA) is 47.2 Å². The van der Waals surface area contributed by atoms with Gasteiger partial charge in [0, 0.05) is 0 Å². The predicted octanol–water partition coefficient (Wildman–Crippen LogP) is 4.46. The molecule has 2 aromatic carbocycles. The first-order valence-corrected chi connectivity index (χ1v) is 9.34. The van der Waals surface area contributed by atoms with Crippen molar-refractivity contribution in [1.82, 2.24) is 9.78 Å². The molecule has 0 amide bonds. The Kier molecular flexibility index (Phi) is 4.37. The van der Waals surface area contributed by atoms with Crippen molar-refractivity contribution in [3.05, 3.63) is 92.9 Å². The van der Waals surface area contributed by atoms with Gasteiger partial charge in [0.1, 0.15) is 0 Å². The average molecular weight is 363 g/mol. The van der Waals surface area contributed by atoms with E-state index in [9.17, 15) is 4.79 Å². The van der Waals surface area contributed by atoms with E-state index in [0.717, 1.165) is 11.4 Å². The van der Waals surface area contributed by atoms with Crippen molar-refractivity contribution < 1.29 is 4.79 Å². The molecule has 4 aromatic rings. The molecular weight excluding hydrogens is 350 g/mol. The third-order valence-corrected chi connectivity index (χ3v) is 5.26. The maximum atomic E-state index is 12.7. The number of hydrogen-bond acceptors (Lipinski definition) is 5. The van der Waals surface area contributed by atoms with E-state index in [1.807, 2.05) is 78.2 Å². The molecule has 4 rings (SSSR count). The predicted molar refractivity (Wildman–Crippen MR) is 101 cm³/mol. The molecule has 0 aliphatic heterocycles. The Morgan fingerprint density at radius 3 is 2.32 bits per heavy atom. The van der Waals surface area contributed by atoms with Gasteiger partial charge in [0.2, 0.25) is 10.6 Å². The van der Waals surface area contributed by atoms with Crippen LogP contribution in [0.25, 0.3) is 5.69 Å². The minimum absolute atomic E-state index is 0.0702. The normalized spacial score (nSPS) is 11.6. The second kappa shape index (κ2) is 6.96. The molecule has 0 aliphatic rings. The molecule has 0 unspecified atom stereocenters. The van der Waals surface area contributed by atoms with Gasteiger partial charge in [0.15, 0.2) is 5.01 Å². The van der Waals surface area contributed by atoms with Gasteiger partial charge in [-0.2, -0.15) is 5.10 Å². The number of carbonyl (C=O) groups excluding carboxylic acids is 1. The fourth-order valence-corrected chi connectivity index (χ4v) is 3.92. The van der Waals surface area contributed by atoms with Crippen molar-refractivity contribution in [2.45, 2.75) is 0 Å². The van der Waals surface area contributed by atoms with Crippen LogP contribution in [0.5, 0.6) is 0 Å². The molecule has 0 spiro atoms. The Morgan fingerprint density at radius 1 is 0.920 bits per heavy atom. The summed E-state index contributed by atoms with van der Waals surface area (Å²) in [5, 5.41) is 6.85. The van der Waals surface area contributed by atoms with Crippen molar-refractivity contribution in [2.24, 2.45) is 4.99 Å². The molecular formula is C19H13N3OS2. The smallest absolute Gasteiger partial charge is 0.233 e. The van der Waals surface area contributed by atoms with E-state index < -0.39 is 0 Å². The summed E-state index contributed by atoms with van der Waals surface area (Å²) < 4.78 is 1.72. The Morgan fingerprint density at radius 2 is 1.64 bits per heavy atom. The minimum Gasteiger partial charge on any atom is -0.285 e. The van der Waals surface area contributed by atoms with Crippen LogP contribution in [0.4, 0.5) is 5.69 Å². The van der Waals surface area contributed by atoms with Gasteiger partial charge in [-0.1, -0.05) is 53.8 Å². The van der Waals surface area contributed by atoms with E-state index >= 15 is 0 Å². The first-order chi connectivity index (χ1) is 12.3. The first-order valence-electron chi connectivity index (χ1n) is 7.65. The van der Waals surface area contributed by atoms with Crippen LogP contribution in [0.1, 0.15) is 14.7 Å². The van der Waals surface area contributed by atoms with E-state index in [-0.39, 0.29) is 5.78 Å². The molecule has 4 nitrogen and oxygen atoms in total. The second-order valence-corrected chi connectivity index (χ2v) is 7.09. The van der Waals surface area contributed by atoms with Crippen molar-refractivity contribution in [1.29, 1.82) is 0 Å². The molecule has 25 heavy (non-hydrogen) atoms. The molecule has 0 aliphatic carbocycles. The van der Waals surface area contributed by atoms with Gasteiger partial charge in [0.05, 0.1) is 16.3 Å². The molecule has 0 saturated carbocycles. The number of carbonyl (C=O) groups is 1. The van der Waals surface area contributed by atoms with E-state index in [1.165, 1.54) is 22.7 Å². The Hall–Kier alpha value is -2.83. The fraction of sp³-hybridized carbons (Fsp3) is 0. The van der Waals surface area contributed by atoms with Crippen molar-refractivity contribution in [2.75, 3.05) is 0 Å². The fourth-order valence-electron chi connectivity index (χ4n) is 2.31. The summed E-state index contributed by atoms with van der Waals surface area (Å²) in [7, 11) is 0. The maximum absolute atomic E-state index is 12.7. The second-order valence-electron chi connectivity index (χ2n) is 5.19. The quantitative estimate of drug-likeness (QED) is 0.503. The molecule has 122 valence electrons. The standard InChI is InChI=1S/C19H13N3OS2/c23-17(16-12-7-13-24-16)18-21-22(15-10-5-2-6-11-15)19(25-18)20-14-8-3-1-4-9-14/h1-13H. The third-order valence-electron chi connectivity index (χ3n) is 3.48. The Bertz CT molecular complexity index is 1050. The van der Waals surface area contributed by atoms with Crippen LogP contribution in [0.2, 0.25) is 0 Å². The Balaban J connectivity index is 1.87. The molecule has 2 aromatic heterocycles. The molecule has 2 heterocycles. The zero-order valence-electron chi connectivity index (χ0n) is 13.1. The Labute approximate surface area is 152 Å². The van der Waals surface area contributed by atoms with Gasteiger partial charge in [-0.15, -0.1) is 11.3 Å². The lowest BCUT2D eigenvalue weighted by Crippen LogP contribution is -2.14. The summed E-state index contributed by atoms with van der Waals surface area (Å²) in [5.41, 5.74) is 1.70. The number of para-hydroxylation sites is 2. The lowest BCUT2D eigenvalue weighted by Gasteiger charge is -2.00. The van der Waals surface area contributed by atoms with Crippen LogP contribution in [-0.4, -0.2) is 15.6 Å². The minimum atomic E-state index is -0.0702. The maximum Gasteiger partial charge on any atom is 0.233 e. The third kappa shape index (κ3) is 3.35. The molecule has 0 radical (unpaired) electrons. The van der Waals surface area contributed by atoms with Gasteiger partial charge < -0.3 is 0 Å². The highest BCUT2D eigenvalue weighted by atomic mass is 32.1. The van der Waals surface area contributed by atoms with E-state index in [0.29, 0.717) is 14.7 Å². The van der Waals surface area contributed by atoms with Crippen LogP contribution in [0.3, 0.4) is 0 Å². The highest BCUT2D eigenvalue weighted by molar-refractivity contribution is 7.15. The monoisotopic (exact) mass is 363 g/mol. The van der Waals surface area contributed by atoms with Crippen molar-refractivity contribution in [3.8, 4) is 5.69 Å². The van der Waals surface area contributed by atoms with Crippen LogP contribution in [0.15, 0.2) is 83.2 Å². The van der Waals surface area contributed by atoms with Gasteiger partial charge in [-0.25, -0.2) is 9.67 Å². The summed E-state index contributed by atoms with van der Waals surface area (Å²) in [6.45, 7) is 0. The summed E-state index contributed by atoms with van der Waals surface area (Å²) in [5.74, 6) is -0.0702. The highest BCUT2D eigenvalue weighted by Gasteiger charge is 2.17. The zero-order valence-corrected chi connectivity index (χ0v) is 14.7. The summed E-state index contributed by atoms with van der Waals surface area (Å²) >= 11 is 2.72. The first kappa shape index (κ1) is 15.7. The lowest BCUT2D eigenvalue weighted by atomic mass is 10.3. The van der Waals surface area contributed by atoms with E-state index in [1.54, 1.807) is 4.68 Å². The number of ketones is 1. The highest BCUT2D eigenvalue weighted by Crippen LogP contribution is 2.17. The summed E-state index contributed by atoms with van der Waals surface area (Å²) in [4.78, 5) is 18.7. The molecule has 6 heteroatoms. The number of aromatic nitrogens is 2. The van der Waals surface area contributed by atoms with Crippen molar-refractivity contribution in [3.63, 3.8) is 0 Å². The molecule has 0 saturated heterocycles. The zero-order chi connectivity index (χ0) is 17.1. The van der Waals surface area contributed by atoms with E-state index in [4.69, 9.17) is 0 Å². The molecule has 0 fully saturated rings. The summed E-state index contributed by atoms with van der Waals surface area (Å²) in [6, 6.07) is 23.1. The number of hydrogen-bond donors (Lipinski definition) is 0. The SMILES string of the molecule is O=C(c1cccs1)c1nn(-c2ccccc2)c(=Nc2ccccc2)s1. The van der Waals surface area contributed by atoms with Gasteiger partial charge in [-0.3, -0.25) is 4.79 Å². The van der Waals surface area contributed by atoms with Crippen molar-refractivity contribution >= 4 is 34.1 Å². The van der Waals surface area contributed by atoms with Crippen LogP contribution in [0, 0.1) is 0 Å². The van der Waals surface area contributed by atoms with Gasteiger partial charge in [0.25, 0.3) is 0 Å². The largest absolute Gasteiger partial charge is 0.285 e. The average Bonchev–Trinajstić information content (AvgIpc) is 3.33. The van der Waals surface area contributed by atoms with Crippen LogP contribution < -0.4 is 4.80 Å². The van der Waals surface area contributed by atoms with Crippen LogP contribution >= 0.6 is 22.7 Å². The molecule has 0 bridgehead atoms. The number of benzene rings is 2. The number of rotatable bonds is 4. The number of thiophene rings is 1. The molecule has 0 N–H and O–H groups in total. The van der Waals surface area contributed by atoms with E-state index in [2.05, 4.69) is 10.1 Å². The number of nitrogens with zero attached hydrogens (tertiary/aromatic N) is 3. The van der Waals surface area contributed by atoms with Crippen LogP contribution in [-0.2, 0) is 0 Å². The summed E-state index contributed by atoms with van der Waals surface area (Å²) in [6.07, 6.45) is 0.